The standard InChI is InChI=1S/C13H16F3NO3S/c1-10-3-5-11(6-4-10)21(18,19)12(13(14,15)16)9-17-7-2-8-20-12/h3-6,17H,2,7-9H2,1H3. The Balaban J connectivity index is 2.57. The summed E-state index contributed by atoms with van der Waals surface area (Å²) in [5.41, 5.74) is 0.759. The third kappa shape index (κ3) is 2.79. The quantitative estimate of drug-likeness (QED) is 0.905. The molecule has 1 saturated heterocycles. The van der Waals surface area contributed by atoms with Crippen LogP contribution in [-0.4, -0.2) is 39.2 Å². The minimum absolute atomic E-state index is 0.266. The van der Waals surface area contributed by atoms with Gasteiger partial charge in [0.05, 0.1) is 11.5 Å². The van der Waals surface area contributed by atoms with E-state index in [0.29, 0.717) is 6.42 Å². The van der Waals surface area contributed by atoms with Crippen molar-refractivity contribution in [3.63, 3.8) is 0 Å². The lowest BCUT2D eigenvalue weighted by Crippen LogP contribution is -2.58. The third-order valence-corrected chi connectivity index (χ3v) is 5.64. The van der Waals surface area contributed by atoms with Crippen molar-refractivity contribution in [2.24, 2.45) is 0 Å². The van der Waals surface area contributed by atoms with E-state index in [-0.39, 0.29) is 13.2 Å². The largest absolute Gasteiger partial charge is 0.433 e. The minimum Gasteiger partial charge on any atom is -0.350 e. The minimum atomic E-state index is -5.03. The van der Waals surface area contributed by atoms with Gasteiger partial charge in [-0.1, -0.05) is 17.7 Å². The van der Waals surface area contributed by atoms with Gasteiger partial charge in [0.15, 0.2) is 0 Å². The van der Waals surface area contributed by atoms with E-state index in [1.165, 1.54) is 24.3 Å². The molecule has 1 atom stereocenters. The van der Waals surface area contributed by atoms with E-state index in [1.807, 2.05) is 0 Å². The van der Waals surface area contributed by atoms with Crippen molar-refractivity contribution in [3.05, 3.63) is 29.8 Å². The molecule has 0 saturated carbocycles. The Morgan fingerprint density at radius 3 is 2.43 bits per heavy atom. The van der Waals surface area contributed by atoms with Gasteiger partial charge in [-0.15, -0.1) is 0 Å². The molecule has 8 heteroatoms. The van der Waals surface area contributed by atoms with Crippen LogP contribution in [0.1, 0.15) is 12.0 Å². The molecule has 0 radical (unpaired) electrons. The monoisotopic (exact) mass is 323 g/mol. The Morgan fingerprint density at radius 1 is 1.24 bits per heavy atom. The van der Waals surface area contributed by atoms with Gasteiger partial charge in [-0.2, -0.15) is 13.2 Å². The lowest BCUT2D eigenvalue weighted by atomic mass is 10.2. The van der Waals surface area contributed by atoms with Crippen LogP contribution in [0, 0.1) is 6.92 Å². The maximum Gasteiger partial charge on any atom is 0.433 e. The van der Waals surface area contributed by atoms with Gasteiger partial charge < -0.3 is 10.1 Å². The van der Waals surface area contributed by atoms with E-state index in [9.17, 15) is 21.6 Å². The number of ether oxygens (including phenoxy) is 1. The van der Waals surface area contributed by atoms with Crippen molar-refractivity contribution in [1.82, 2.24) is 5.32 Å². The predicted octanol–water partition coefficient (Wildman–Crippen LogP) is 2.04. The molecule has 1 aliphatic heterocycles. The highest BCUT2D eigenvalue weighted by Gasteiger charge is 2.65. The van der Waals surface area contributed by atoms with Gasteiger partial charge in [0, 0.05) is 6.54 Å². The Bertz CT molecular complexity index is 588. The highest BCUT2D eigenvalue weighted by atomic mass is 32.2. The molecule has 4 nitrogen and oxygen atoms in total. The summed E-state index contributed by atoms with van der Waals surface area (Å²) in [5, 5.41) is 2.51. The molecule has 1 aliphatic rings. The number of aryl methyl sites for hydroxylation is 1. The number of halogens is 3. The molecule has 0 aliphatic carbocycles. The number of alkyl halides is 3. The van der Waals surface area contributed by atoms with Gasteiger partial charge in [0.1, 0.15) is 0 Å². The molecule has 0 spiro atoms. The van der Waals surface area contributed by atoms with Crippen LogP contribution in [0.4, 0.5) is 13.2 Å². The molecule has 1 heterocycles. The lowest BCUT2D eigenvalue weighted by molar-refractivity contribution is -0.236. The number of rotatable bonds is 2. The summed E-state index contributed by atoms with van der Waals surface area (Å²) < 4.78 is 70.4. The Morgan fingerprint density at radius 2 is 1.86 bits per heavy atom. The fourth-order valence-electron chi connectivity index (χ4n) is 2.15. The lowest BCUT2D eigenvalue weighted by Gasteiger charge is -2.33. The Hall–Kier alpha value is -1.12. The second kappa shape index (κ2) is 5.58. The predicted molar refractivity (Wildman–Crippen MR) is 70.6 cm³/mol. The van der Waals surface area contributed by atoms with Crippen LogP contribution in [0.5, 0.6) is 0 Å². The molecule has 1 fully saturated rings. The van der Waals surface area contributed by atoms with Crippen molar-refractivity contribution < 1.29 is 26.3 Å². The Labute approximate surface area is 121 Å². The van der Waals surface area contributed by atoms with Crippen LogP contribution in [0.2, 0.25) is 0 Å². The SMILES string of the molecule is Cc1ccc(S(=O)(=O)C2(C(F)(F)F)CNCCCO2)cc1. The molecule has 0 bridgehead atoms. The maximum absolute atomic E-state index is 13.5. The van der Waals surface area contributed by atoms with Crippen molar-refractivity contribution in [3.8, 4) is 0 Å². The van der Waals surface area contributed by atoms with E-state index in [4.69, 9.17) is 4.74 Å². The molecule has 1 unspecified atom stereocenters. The number of hydrogen-bond acceptors (Lipinski definition) is 4. The van der Waals surface area contributed by atoms with Crippen molar-refractivity contribution >= 4 is 9.84 Å². The van der Waals surface area contributed by atoms with Crippen LogP contribution < -0.4 is 5.32 Å². The average molecular weight is 323 g/mol. The van der Waals surface area contributed by atoms with Gasteiger partial charge in [0.2, 0.25) is 9.84 Å². The van der Waals surface area contributed by atoms with Crippen LogP contribution in [0.3, 0.4) is 0 Å². The van der Waals surface area contributed by atoms with E-state index in [0.717, 1.165) is 5.56 Å². The van der Waals surface area contributed by atoms with Crippen molar-refractivity contribution in [2.75, 3.05) is 19.7 Å². The zero-order valence-corrected chi connectivity index (χ0v) is 12.2. The van der Waals surface area contributed by atoms with Crippen LogP contribution in [0.15, 0.2) is 29.2 Å². The second-order valence-corrected chi connectivity index (χ2v) is 7.08. The number of hydrogen-bond donors (Lipinski definition) is 1. The number of benzene rings is 1. The molecular formula is C13H16F3NO3S. The molecule has 0 amide bonds. The molecule has 2 rings (SSSR count). The van der Waals surface area contributed by atoms with Gasteiger partial charge in [-0.05, 0) is 32.0 Å². The number of nitrogens with one attached hydrogen (secondary N) is 1. The molecule has 1 aromatic rings. The molecule has 1 N–H and O–H groups in total. The fraction of sp³-hybridized carbons (Fsp3) is 0.538. The van der Waals surface area contributed by atoms with E-state index < -0.39 is 32.4 Å². The summed E-state index contributed by atoms with van der Waals surface area (Å²) >= 11 is 0. The summed E-state index contributed by atoms with van der Waals surface area (Å²) in [4.78, 5) is -3.64. The summed E-state index contributed by atoms with van der Waals surface area (Å²) in [6, 6.07) is 5.26. The molecule has 0 aromatic heterocycles. The van der Waals surface area contributed by atoms with Gasteiger partial charge in [-0.25, -0.2) is 8.42 Å². The molecule has 118 valence electrons. The van der Waals surface area contributed by atoms with Gasteiger partial charge in [-0.3, -0.25) is 0 Å². The van der Waals surface area contributed by atoms with Gasteiger partial charge >= 0.3 is 6.18 Å². The first-order valence-electron chi connectivity index (χ1n) is 6.43. The third-order valence-electron chi connectivity index (χ3n) is 3.39. The summed E-state index contributed by atoms with van der Waals surface area (Å²) in [5.74, 6) is 0. The van der Waals surface area contributed by atoms with E-state index >= 15 is 0 Å². The van der Waals surface area contributed by atoms with Crippen LogP contribution in [0.25, 0.3) is 0 Å². The average Bonchev–Trinajstić information content (AvgIpc) is 2.65. The van der Waals surface area contributed by atoms with Crippen LogP contribution >= 0.6 is 0 Å². The molecular weight excluding hydrogens is 307 g/mol. The highest BCUT2D eigenvalue weighted by Crippen LogP contribution is 2.42. The van der Waals surface area contributed by atoms with E-state index in [2.05, 4.69) is 5.32 Å². The first kappa shape index (κ1) is 16.3. The first-order valence-corrected chi connectivity index (χ1v) is 7.92. The van der Waals surface area contributed by atoms with Gasteiger partial charge in [0.25, 0.3) is 4.93 Å². The fourth-order valence-corrected chi connectivity index (χ4v) is 3.86. The Kier molecular flexibility index (Phi) is 4.32. The summed E-state index contributed by atoms with van der Waals surface area (Å²) in [6.45, 7) is 0.922. The molecule has 1 aromatic carbocycles. The summed E-state index contributed by atoms with van der Waals surface area (Å²) in [6.07, 6.45) is -4.71. The zero-order chi connectivity index (χ0) is 15.7. The second-order valence-electron chi connectivity index (χ2n) is 4.95. The van der Waals surface area contributed by atoms with Crippen molar-refractivity contribution in [2.45, 2.75) is 29.3 Å². The highest BCUT2D eigenvalue weighted by molar-refractivity contribution is 7.92. The number of sulfone groups is 1. The normalized spacial score (nSPS) is 24.6. The van der Waals surface area contributed by atoms with Crippen LogP contribution in [-0.2, 0) is 14.6 Å². The zero-order valence-electron chi connectivity index (χ0n) is 11.4. The van der Waals surface area contributed by atoms with E-state index in [1.54, 1.807) is 6.92 Å². The molecule has 21 heavy (non-hydrogen) atoms. The smallest absolute Gasteiger partial charge is 0.350 e. The maximum atomic E-state index is 13.5. The topological polar surface area (TPSA) is 55.4 Å². The van der Waals surface area contributed by atoms with Crippen molar-refractivity contribution in [1.29, 1.82) is 0 Å². The summed E-state index contributed by atoms with van der Waals surface area (Å²) in [7, 11) is -4.73. The first-order chi connectivity index (χ1) is 9.71.